The SMILES string of the molecule is c1cc(Nc2ccc3c(c2)sc2ccc4ccccc4c23)cc(-c2cc3ccccc3c3ccccc23)c1. The molecule has 0 amide bonds. The third-order valence-electron chi connectivity index (χ3n) is 7.59. The van der Waals surface area contributed by atoms with Crippen LogP contribution in [-0.4, -0.2) is 0 Å². The maximum atomic E-state index is 3.68. The Kier molecular flexibility index (Phi) is 4.76. The van der Waals surface area contributed by atoms with Gasteiger partial charge in [-0.1, -0.05) is 97.1 Å². The maximum Gasteiger partial charge on any atom is 0.0398 e. The van der Waals surface area contributed by atoms with Crippen LogP contribution in [0.5, 0.6) is 0 Å². The van der Waals surface area contributed by atoms with Crippen LogP contribution in [0.4, 0.5) is 11.4 Å². The molecule has 0 aliphatic rings. The van der Waals surface area contributed by atoms with Gasteiger partial charge < -0.3 is 5.32 Å². The van der Waals surface area contributed by atoms with Crippen LogP contribution >= 0.6 is 11.3 Å². The molecule has 0 aliphatic carbocycles. The van der Waals surface area contributed by atoms with E-state index in [4.69, 9.17) is 0 Å². The molecule has 1 nitrogen and oxygen atoms in total. The zero-order valence-corrected chi connectivity index (χ0v) is 21.4. The zero-order chi connectivity index (χ0) is 25.1. The molecule has 1 N–H and O–H groups in total. The van der Waals surface area contributed by atoms with Gasteiger partial charge in [0.2, 0.25) is 0 Å². The molecule has 0 bridgehead atoms. The molecule has 1 heterocycles. The van der Waals surface area contributed by atoms with Crippen molar-refractivity contribution >= 4 is 75.2 Å². The quantitative estimate of drug-likeness (QED) is 0.237. The molecule has 0 aliphatic heterocycles. The van der Waals surface area contributed by atoms with Crippen molar-refractivity contribution in [3.8, 4) is 11.1 Å². The van der Waals surface area contributed by atoms with Crippen molar-refractivity contribution in [3.63, 3.8) is 0 Å². The van der Waals surface area contributed by atoms with E-state index in [-0.39, 0.29) is 0 Å². The summed E-state index contributed by atoms with van der Waals surface area (Å²) in [5.41, 5.74) is 4.67. The van der Waals surface area contributed by atoms with Gasteiger partial charge >= 0.3 is 0 Å². The Morgan fingerprint density at radius 2 is 1.16 bits per heavy atom. The van der Waals surface area contributed by atoms with E-state index in [0.717, 1.165) is 11.4 Å². The second kappa shape index (κ2) is 8.44. The van der Waals surface area contributed by atoms with Crippen molar-refractivity contribution in [2.75, 3.05) is 5.32 Å². The van der Waals surface area contributed by atoms with E-state index in [1.165, 1.54) is 63.6 Å². The van der Waals surface area contributed by atoms with E-state index in [0.29, 0.717) is 0 Å². The fourth-order valence-electron chi connectivity index (χ4n) is 5.85. The molecule has 0 saturated carbocycles. The van der Waals surface area contributed by atoms with Crippen LogP contribution in [-0.2, 0) is 0 Å². The number of anilines is 2. The number of fused-ring (bicyclic) bond motifs is 8. The average Bonchev–Trinajstić information content (AvgIpc) is 3.35. The van der Waals surface area contributed by atoms with Crippen LogP contribution in [0.3, 0.4) is 0 Å². The highest BCUT2D eigenvalue weighted by Gasteiger charge is 2.11. The first-order chi connectivity index (χ1) is 18.8. The standard InChI is InChI=1S/C36H23NS/c1-4-13-29-23(8-1)16-19-34-36(29)32-18-17-27(22-35(32)38-34)37-26-11-7-10-24(20-26)33-21-25-9-2-3-12-28(25)30-14-5-6-15-31(30)33/h1-22,37H. The number of rotatable bonds is 3. The third-order valence-corrected chi connectivity index (χ3v) is 8.71. The summed E-state index contributed by atoms with van der Waals surface area (Å²) in [4.78, 5) is 0. The lowest BCUT2D eigenvalue weighted by Gasteiger charge is -2.13. The second-order valence-corrected chi connectivity index (χ2v) is 11.0. The van der Waals surface area contributed by atoms with E-state index in [2.05, 4.69) is 139 Å². The predicted octanol–water partition coefficient (Wildman–Crippen LogP) is 10.9. The van der Waals surface area contributed by atoms with Crippen molar-refractivity contribution in [2.45, 2.75) is 0 Å². The molecule has 0 fully saturated rings. The van der Waals surface area contributed by atoms with E-state index < -0.39 is 0 Å². The summed E-state index contributed by atoms with van der Waals surface area (Å²) in [6, 6.07) is 48.4. The fourth-order valence-corrected chi connectivity index (χ4v) is 7.01. The number of hydrogen-bond donors (Lipinski definition) is 1. The molecule has 8 aromatic rings. The van der Waals surface area contributed by atoms with Crippen molar-refractivity contribution in [3.05, 3.63) is 133 Å². The first kappa shape index (κ1) is 21.4. The second-order valence-electron chi connectivity index (χ2n) is 9.87. The minimum absolute atomic E-state index is 1.09. The Morgan fingerprint density at radius 3 is 2.05 bits per heavy atom. The minimum Gasteiger partial charge on any atom is -0.355 e. The van der Waals surface area contributed by atoms with Crippen LogP contribution in [0.2, 0.25) is 0 Å². The summed E-state index contributed by atoms with van der Waals surface area (Å²) in [6.07, 6.45) is 0. The van der Waals surface area contributed by atoms with Gasteiger partial charge in [0.25, 0.3) is 0 Å². The third kappa shape index (κ3) is 3.38. The monoisotopic (exact) mass is 501 g/mol. The number of nitrogens with one attached hydrogen (secondary N) is 1. The Balaban J connectivity index is 1.21. The summed E-state index contributed by atoms with van der Waals surface area (Å²) in [5.74, 6) is 0. The van der Waals surface area contributed by atoms with Gasteiger partial charge in [0.1, 0.15) is 0 Å². The number of thiophene rings is 1. The van der Waals surface area contributed by atoms with Gasteiger partial charge in [-0.3, -0.25) is 0 Å². The first-order valence-electron chi connectivity index (χ1n) is 12.9. The van der Waals surface area contributed by atoms with Gasteiger partial charge in [-0.05, 0) is 79.8 Å². The molecule has 178 valence electrons. The van der Waals surface area contributed by atoms with Crippen molar-refractivity contribution < 1.29 is 0 Å². The Labute approximate surface area is 224 Å². The van der Waals surface area contributed by atoms with Gasteiger partial charge in [-0.15, -0.1) is 11.3 Å². The minimum atomic E-state index is 1.09. The van der Waals surface area contributed by atoms with Gasteiger partial charge in [-0.25, -0.2) is 0 Å². The van der Waals surface area contributed by atoms with Crippen molar-refractivity contribution in [1.29, 1.82) is 0 Å². The summed E-state index contributed by atoms with van der Waals surface area (Å²) in [6.45, 7) is 0. The molecule has 0 saturated heterocycles. The molecular formula is C36H23NS. The van der Waals surface area contributed by atoms with E-state index >= 15 is 0 Å². The highest BCUT2D eigenvalue weighted by Crippen LogP contribution is 2.40. The van der Waals surface area contributed by atoms with E-state index in [9.17, 15) is 0 Å². The number of hydrogen-bond acceptors (Lipinski definition) is 2. The van der Waals surface area contributed by atoms with Crippen LogP contribution in [0.25, 0.3) is 63.6 Å². The predicted molar refractivity (Wildman–Crippen MR) is 167 cm³/mol. The van der Waals surface area contributed by atoms with E-state index in [1.54, 1.807) is 0 Å². The molecule has 0 radical (unpaired) electrons. The summed E-state index contributed by atoms with van der Waals surface area (Å²) in [7, 11) is 0. The molecule has 0 unspecified atom stereocenters. The van der Waals surface area contributed by atoms with E-state index in [1.807, 2.05) is 11.3 Å². The van der Waals surface area contributed by atoms with Crippen LogP contribution in [0.15, 0.2) is 133 Å². The normalized spacial score (nSPS) is 11.7. The summed E-state index contributed by atoms with van der Waals surface area (Å²) >= 11 is 1.86. The molecule has 8 rings (SSSR count). The van der Waals surface area contributed by atoms with Gasteiger partial charge in [0.05, 0.1) is 0 Å². The lowest BCUT2D eigenvalue weighted by Crippen LogP contribution is -1.91. The Hall–Kier alpha value is -4.66. The maximum absolute atomic E-state index is 3.68. The molecule has 2 heteroatoms. The van der Waals surface area contributed by atoms with Crippen molar-refractivity contribution in [1.82, 2.24) is 0 Å². The average molecular weight is 502 g/mol. The highest BCUT2D eigenvalue weighted by atomic mass is 32.1. The van der Waals surface area contributed by atoms with Crippen LogP contribution in [0.1, 0.15) is 0 Å². The molecule has 7 aromatic carbocycles. The fraction of sp³-hybridized carbons (Fsp3) is 0. The molecular weight excluding hydrogens is 478 g/mol. The van der Waals surface area contributed by atoms with Crippen LogP contribution < -0.4 is 5.32 Å². The van der Waals surface area contributed by atoms with Gasteiger partial charge in [0.15, 0.2) is 0 Å². The first-order valence-corrected chi connectivity index (χ1v) is 13.8. The van der Waals surface area contributed by atoms with Crippen LogP contribution in [0, 0.1) is 0 Å². The lowest BCUT2D eigenvalue weighted by atomic mass is 9.93. The largest absolute Gasteiger partial charge is 0.355 e. The summed E-state index contributed by atoms with van der Waals surface area (Å²) in [5, 5.41) is 14.1. The smallest absolute Gasteiger partial charge is 0.0398 e. The highest BCUT2D eigenvalue weighted by molar-refractivity contribution is 7.26. The lowest BCUT2D eigenvalue weighted by molar-refractivity contribution is 1.57. The summed E-state index contributed by atoms with van der Waals surface area (Å²) < 4.78 is 2.64. The molecule has 1 aromatic heterocycles. The number of benzene rings is 7. The van der Waals surface area contributed by atoms with Crippen molar-refractivity contribution in [2.24, 2.45) is 0 Å². The Morgan fingerprint density at radius 1 is 0.421 bits per heavy atom. The topological polar surface area (TPSA) is 12.0 Å². The van der Waals surface area contributed by atoms with Gasteiger partial charge in [-0.2, -0.15) is 0 Å². The zero-order valence-electron chi connectivity index (χ0n) is 20.6. The molecule has 0 atom stereocenters. The Bertz CT molecular complexity index is 2170. The molecule has 0 spiro atoms. The van der Waals surface area contributed by atoms with Gasteiger partial charge in [0, 0.05) is 31.5 Å². The molecule has 38 heavy (non-hydrogen) atoms.